The largest absolute Gasteiger partial charge is 0.353 e. The van der Waals surface area contributed by atoms with E-state index in [1.54, 1.807) is 6.07 Å². The molecule has 24 heavy (non-hydrogen) atoms. The highest BCUT2D eigenvalue weighted by Gasteiger charge is 2.32. The van der Waals surface area contributed by atoms with E-state index in [-0.39, 0.29) is 17.5 Å². The van der Waals surface area contributed by atoms with Crippen LogP contribution < -0.4 is 10.9 Å². The molecule has 0 atom stereocenters. The summed E-state index contributed by atoms with van der Waals surface area (Å²) >= 11 is 0. The Morgan fingerprint density at radius 1 is 1.21 bits per heavy atom. The molecule has 1 amide bonds. The minimum atomic E-state index is -0.110. The molecule has 2 aliphatic rings. The summed E-state index contributed by atoms with van der Waals surface area (Å²) < 4.78 is 0. The van der Waals surface area contributed by atoms with Crippen molar-refractivity contribution in [2.75, 3.05) is 19.6 Å². The highest BCUT2D eigenvalue weighted by atomic mass is 16.1. The number of nitrogens with zero attached hydrogens (tertiary/aromatic N) is 2. The van der Waals surface area contributed by atoms with Crippen molar-refractivity contribution in [3.8, 4) is 0 Å². The van der Waals surface area contributed by atoms with E-state index in [0.717, 1.165) is 38.2 Å². The van der Waals surface area contributed by atoms with E-state index in [2.05, 4.69) is 20.2 Å². The molecule has 1 aliphatic heterocycles. The van der Waals surface area contributed by atoms with Crippen molar-refractivity contribution in [1.29, 1.82) is 0 Å². The van der Waals surface area contributed by atoms with Crippen molar-refractivity contribution in [1.82, 2.24) is 20.2 Å². The number of hydrogen-bond acceptors (Lipinski definition) is 4. The molecule has 0 spiro atoms. The lowest BCUT2D eigenvalue weighted by Gasteiger charge is -2.35. The van der Waals surface area contributed by atoms with Gasteiger partial charge in [0.2, 0.25) is 5.91 Å². The topological polar surface area (TPSA) is 78.1 Å². The lowest BCUT2D eigenvalue weighted by Crippen LogP contribution is -2.44. The van der Waals surface area contributed by atoms with Crippen LogP contribution in [0.1, 0.15) is 63.0 Å². The fourth-order valence-corrected chi connectivity index (χ4v) is 3.68. The number of aromatic nitrogens is 2. The zero-order valence-electron chi connectivity index (χ0n) is 14.3. The number of likely N-dealkylation sites (tertiary alicyclic amines) is 1. The van der Waals surface area contributed by atoms with Gasteiger partial charge in [-0.05, 0) is 38.8 Å². The fraction of sp³-hybridized carbons (Fsp3) is 0.722. The van der Waals surface area contributed by atoms with Gasteiger partial charge >= 0.3 is 0 Å². The van der Waals surface area contributed by atoms with Crippen LogP contribution in [0.2, 0.25) is 0 Å². The first-order valence-electron chi connectivity index (χ1n) is 9.27. The van der Waals surface area contributed by atoms with E-state index in [9.17, 15) is 9.59 Å². The van der Waals surface area contributed by atoms with Crippen molar-refractivity contribution in [2.45, 2.75) is 63.3 Å². The SMILES string of the molecule is O=C(CCN1CCCCCCC1)NC1CC(c2cc(=O)[nH]cn2)C1. The van der Waals surface area contributed by atoms with Crippen LogP contribution in [0.25, 0.3) is 0 Å². The summed E-state index contributed by atoms with van der Waals surface area (Å²) in [4.78, 5) is 32.6. The number of carbonyl (C=O) groups is 1. The molecule has 0 bridgehead atoms. The summed E-state index contributed by atoms with van der Waals surface area (Å²) in [5, 5.41) is 3.12. The fourth-order valence-electron chi connectivity index (χ4n) is 3.68. The number of aromatic amines is 1. The number of amides is 1. The molecule has 2 N–H and O–H groups in total. The van der Waals surface area contributed by atoms with Crippen molar-refractivity contribution in [3.05, 3.63) is 28.4 Å². The van der Waals surface area contributed by atoms with Gasteiger partial charge in [0.25, 0.3) is 5.56 Å². The second-order valence-corrected chi connectivity index (χ2v) is 7.13. The Hall–Kier alpha value is -1.69. The standard InChI is InChI=1S/C18H28N4O2/c23-17(6-9-22-7-4-2-1-3-5-8-22)21-15-10-14(11-15)16-12-18(24)20-13-19-16/h12-15H,1-11H2,(H,21,23)(H,19,20,24). The van der Waals surface area contributed by atoms with E-state index in [1.807, 2.05) is 0 Å². The molecule has 2 heterocycles. The summed E-state index contributed by atoms with van der Waals surface area (Å²) in [6.07, 6.45) is 10.3. The molecule has 0 aromatic carbocycles. The van der Waals surface area contributed by atoms with E-state index >= 15 is 0 Å². The highest BCUT2D eigenvalue weighted by Crippen LogP contribution is 2.35. The minimum absolute atomic E-state index is 0.110. The molecule has 0 radical (unpaired) electrons. The number of nitrogens with one attached hydrogen (secondary N) is 2. The Morgan fingerprint density at radius 3 is 2.62 bits per heavy atom. The Labute approximate surface area is 143 Å². The predicted octanol–water partition coefficient (Wildman–Crippen LogP) is 1.79. The zero-order valence-corrected chi connectivity index (χ0v) is 14.3. The molecule has 0 unspecified atom stereocenters. The van der Waals surface area contributed by atoms with Gasteiger partial charge in [-0.15, -0.1) is 0 Å². The molecule has 1 saturated heterocycles. The second-order valence-electron chi connectivity index (χ2n) is 7.13. The van der Waals surface area contributed by atoms with Gasteiger partial charge < -0.3 is 15.2 Å². The van der Waals surface area contributed by atoms with E-state index in [4.69, 9.17) is 0 Å². The van der Waals surface area contributed by atoms with Crippen LogP contribution >= 0.6 is 0 Å². The third-order valence-corrected chi connectivity index (χ3v) is 5.22. The Bertz CT molecular complexity index is 587. The Kier molecular flexibility index (Phi) is 6.01. The van der Waals surface area contributed by atoms with Gasteiger partial charge in [-0.1, -0.05) is 19.3 Å². The maximum Gasteiger partial charge on any atom is 0.250 e. The van der Waals surface area contributed by atoms with Crippen LogP contribution in [-0.2, 0) is 4.79 Å². The average Bonchev–Trinajstić information content (AvgIpc) is 2.49. The number of rotatable bonds is 5. The molecule has 1 aliphatic carbocycles. The molecule has 2 fully saturated rings. The van der Waals surface area contributed by atoms with Crippen molar-refractivity contribution < 1.29 is 4.79 Å². The molecule has 1 aromatic rings. The van der Waals surface area contributed by atoms with Gasteiger partial charge in [0.1, 0.15) is 0 Å². The van der Waals surface area contributed by atoms with E-state index in [0.29, 0.717) is 12.3 Å². The van der Waals surface area contributed by atoms with Crippen LogP contribution in [0.5, 0.6) is 0 Å². The van der Waals surface area contributed by atoms with Crippen LogP contribution in [0.15, 0.2) is 17.2 Å². The molecule has 1 aromatic heterocycles. The monoisotopic (exact) mass is 332 g/mol. The van der Waals surface area contributed by atoms with Gasteiger partial charge in [-0.25, -0.2) is 4.98 Å². The van der Waals surface area contributed by atoms with Gasteiger partial charge in [0.05, 0.1) is 12.0 Å². The first-order valence-corrected chi connectivity index (χ1v) is 9.27. The zero-order chi connectivity index (χ0) is 16.8. The quantitative estimate of drug-likeness (QED) is 0.862. The third-order valence-electron chi connectivity index (χ3n) is 5.22. The van der Waals surface area contributed by atoms with Gasteiger partial charge in [0.15, 0.2) is 0 Å². The van der Waals surface area contributed by atoms with E-state index < -0.39 is 0 Å². The molecule has 132 valence electrons. The van der Waals surface area contributed by atoms with Crippen LogP contribution in [0.3, 0.4) is 0 Å². The van der Waals surface area contributed by atoms with Crippen LogP contribution in [0.4, 0.5) is 0 Å². The van der Waals surface area contributed by atoms with Crippen LogP contribution in [0, 0.1) is 0 Å². The maximum atomic E-state index is 12.1. The summed E-state index contributed by atoms with van der Waals surface area (Å²) in [6.45, 7) is 3.14. The van der Waals surface area contributed by atoms with Gasteiger partial charge in [-0.3, -0.25) is 9.59 Å². The summed E-state index contributed by atoms with van der Waals surface area (Å²) in [6, 6.07) is 1.79. The first kappa shape index (κ1) is 17.1. The molecular formula is C18H28N4O2. The molecule has 1 saturated carbocycles. The first-order chi connectivity index (χ1) is 11.7. The molecule has 3 rings (SSSR count). The summed E-state index contributed by atoms with van der Waals surface area (Å²) in [5.74, 6) is 0.450. The molecular weight excluding hydrogens is 304 g/mol. The lowest BCUT2D eigenvalue weighted by atomic mass is 9.78. The van der Waals surface area contributed by atoms with Crippen molar-refractivity contribution in [2.24, 2.45) is 0 Å². The van der Waals surface area contributed by atoms with Gasteiger partial charge in [0, 0.05) is 31.0 Å². The molecule has 6 heteroatoms. The van der Waals surface area contributed by atoms with Crippen molar-refractivity contribution in [3.63, 3.8) is 0 Å². The maximum absolute atomic E-state index is 12.1. The Balaban J connectivity index is 1.35. The van der Waals surface area contributed by atoms with E-state index in [1.165, 1.54) is 38.4 Å². The summed E-state index contributed by atoms with van der Waals surface area (Å²) in [5.41, 5.74) is 0.727. The highest BCUT2D eigenvalue weighted by molar-refractivity contribution is 5.76. The summed E-state index contributed by atoms with van der Waals surface area (Å²) in [7, 11) is 0. The Morgan fingerprint density at radius 2 is 1.92 bits per heavy atom. The third kappa shape index (κ3) is 4.90. The number of H-pyrrole nitrogens is 1. The van der Waals surface area contributed by atoms with Crippen molar-refractivity contribution >= 4 is 5.91 Å². The number of hydrogen-bond donors (Lipinski definition) is 2. The van der Waals surface area contributed by atoms with Gasteiger partial charge in [-0.2, -0.15) is 0 Å². The number of carbonyl (C=O) groups excluding carboxylic acids is 1. The smallest absolute Gasteiger partial charge is 0.250 e. The minimum Gasteiger partial charge on any atom is -0.353 e. The predicted molar refractivity (Wildman–Crippen MR) is 92.9 cm³/mol. The second kappa shape index (κ2) is 8.42. The van der Waals surface area contributed by atoms with Crippen LogP contribution in [-0.4, -0.2) is 46.5 Å². The average molecular weight is 332 g/mol. The lowest BCUT2D eigenvalue weighted by molar-refractivity contribution is -0.122. The normalized spacial score (nSPS) is 25.3. The molecule has 6 nitrogen and oxygen atoms in total.